The van der Waals surface area contributed by atoms with Crippen LogP contribution >= 0.6 is 0 Å². The lowest BCUT2D eigenvalue weighted by Crippen LogP contribution is -2.28. The number of hydrogen-bond acceptors (Lipinski definition) is 5. The lowest BCUT2D eigenvalue weighted by atomic mass is 10.0. The molecule has 0 aliphatic rings. The molecule has 0 spiro atoms. The second-order valence-electron chi connectivity index (χ2n) is 12.4. The molecule has 1 atom stereocenters. The maximum absolute atomic E-state index is 12.0. The number of carbonyl (C=O) groups is 2. The SMILES string of the molecule is CCCCCCCCCCCC(=O)O[C@@H](CO)COC(=O)CCCCCCCCCCCCCCCCC(C)C. The number of aliphatic hydroxyl groups is 1. The number of hydrogen-bond donors (Lipinski definition) is 1. The zero-order valence-electron chi connectivity index (χ0n) is 27.0. The minimum absolute atomic E-state index is 0.0586. The van der Waals surface area contributed by atoms with Crippen molar-refractivity contribution >= 4 is 11.9 Å². The number of unbranched alkanes of at least 4 members (excludes halogenated alkanes) is 21. The third-order valence-electron chi connectivity index (χ3n) is 7.83. The van der Waals surface area contributed by atoms with Gasteiger partial charge in [0.05, 0.1) is 6.61 Å². The normalized spacial score (nSPS) is 12.1. The van der Waals surface area contributed by atoms with Crippen LogP contribution in [-0.4, -0.2) is 36.4 Å². The smallest absolute Gasteiger partial charge is 0.306 e. The van der Waals surface area contributed by atoms with Gasteiger partial charge in [0.15, 0.2) is 6.10 Å². The van der Waals surface area contributed by atoms with E-state index in [4.69, 9.17) is 9.47 Å². The van der Waals surface area contributed by atoms with Gasteiger partial charge in [-0.15, -0.1) is 0 Å². The van der Waals surface area contributed by atoms with Gasteiger partial charge in [0.25, 0.3) is 0 Å². The van der Waals surface area contributed by atoms with Crippen molar-refractivity contribution in [3.63, 3.8) is 0 Å². The monoisotopic (exact) mass is 569 g/mol. The Bertz CT molecular complexity index is 548. The van der Waals surface area contributed by atoms with Crippen LogP contribution in [0.4, 0.5) is 0 Å². The highest BCUT2D eigenvalue weighted by Gasteiger charge is 2.16. The highest BCUT2D eigenvalue weighted by molar-refractivity contribution is 5.70. The van der Waals surface area contributed by atoms with E-state index < -0.39 is 6.10 Å². The fourth-order valence-electron chi connectivity index (χ4n) is 5.15. The molecule has 0 bridgehead atoms. The summed E-state index contributed by atoms with van der Waals surface area (Å²) in [6.45, 7) is 6.47. The van der Waals surface area contributed by atoms with E-state index in [0.29, 0.717) is 12.8 Å². The zero-order chi connectivity index (χ0) is 29.5. The molecule has 0 radical (unpaired) electrons. The van der Waals surface area contributed by atoms with E-state index in [0.717, 1.165) is 38.0 Å². The highest BCUT2D eigenvalue weighted by Crippen LogP contribution is 2.15. The van der Waals surface area contributed by atoms with Gasteiger partial charge >= 0.3 is 11.9 Å². The first-order valence-electron chi connectivity index (χ1n) is 17.5. The molecule has 0 saturated heterocycles. The lowest BCUT2D eigenvalue weighted by Gasteiger charge is -2.15. The van der Waals surface area contributed by atoms with Crippen LogP contribution in [-0.2, 0) is 19.1 Å². The number of carbonyl (C=O) groups excluding carboxylic acids is 2. The van der Waals surface area contributed by atoms with Crippen LogP contribution in [0.25, 0.3) is 0 Å². The molecular weight excluding hydrogens is 500 g/mol. The minimum atomic E-state index is -0.760. The summed E-state index contributed by atoms with van der Waals surface area (Å²) in [4.78, 5) is 24.1. The molecule has 40 heavy (non-hydrogen) atoms. The molecule has 0 amide bonds. The maximum atomic E-state index is 12.0. The quantitative estimate of drug-likeness (QED) is 0.0665. The first-order valence-corrected chi connectivity index (χ1v) is 17.5. The summed E-state index contributed by atoms with van der Waals surface area (Å²) >= 11 is 0. The number of aliphatic hydroxyl groups excluding tert-OH is 1. The molecule has 0 heterocycles. The third-order valence-corrected chi connectivity index (χ3v) is 7.83. The Morgan fingerprint density at radius 2 is 0.925 bits per heavy atom. The van der Waals surface area contributed by atoms with Crippen molar-refractivity contribution in [2.45, 2.75) is 194 Å². The van der Waals surface area contributed by atoms with Crippen LogP contribution in [0.5, 0.6) is 0 Å². The van der Waals surface area contributed by atoms with Gasteiger partial charge in [-0.1, -0.05) is 162 Å². The molecule has 5 nitrogen and oxygen atoms in total. The summed E-state index contributed by atoms with van der Waals surface area (Å²) in [6.07, 6.45) is 30.2. The summed E-state index contributed by atoms with van der Waals surface area (Å²) in [7, 11) is 0. The van der Waals surface area contributed by atoms with E-state index in [9.17, 15) is 14.7 Å². The molecule has 0 rings (SSSR count). The van der Waals surface area contributed by atoms with Crippen molar-refractivity contribution in [2.24, 2.45) is 5.92 Å². The van der Waals surface area contributed by atoms with Crippen LogP contribution in [0.15, 0.2) is 0 Å². The van der Waals surface area contributed by atoms with Crippen LogP contribution in [0.1, 0.15) is 188 Å². The lowest BCUT2D eigenvalue weighted by molar-refractivity contribution is -0.161. The second kappa shape index (κ2) is 30.8. The molecule has 0 aliphatic carbocycles. The van der Waals surface area contributed by atoms with Gasteiger partial charge in [-0.05, 0) is 18.8 Å². The van der Waals surface area contributed by atoms with Gasteiger partial charge in [-0.3, -0.25) is 9.59 Å². The fraction of sp³-hybridized carbons (Fsp3) is 0.943. The van der Waals surface area contributed by atoms with Crippen LogP contribution in [0.3, 0.4) is 0 Å². The first-order chi connectivity index (χ1) is 19.5. The van der Waals surface area contributed by atoms with E-state index in [1.165, 1.54) is 122 Å². The van der Waals surface area contributed by atoms with E-state index >= 15 is 0 Å². The average Bonchev–Trinajstić information content (AvgIpc) is 2.93. The van der Waals surface area contributed by atoms with Crippen LogP contribution in [0, 0.1) is 5.92 Å². The number of esters is 2. The van der Waals surface area contributed by atoms with E-state index in [-0.39, 0.29) is 25.2 Å². The fourth-order valence-corrected chi connectivity index (χ4v) is 5.15. The Balaban J connectivity index is 3.50. The molecule has 238 valence electrons. The van der Waals surface area contributed by atoms with Crippen molar-refractivity contribution < 1.29 is 24.2 Å². The largest absolute Gasteiger partial charge is 0.462 e. The number of ether oxygens (including phenoxy) is 2. The molecule has 0 aromatic carbocycles. The van der Waals surface area contributed by atoms with E-state index in [1.807, 2.05) is 0 Å². The van der Waals surface area contributed by atoms with Gasteiger partial charge in [0, 0.05) is 12.8 Å². The molecule has 0 aliphatic heterocycles. The summed E-state index contributed by atoms with van der Waals surface area (Å²) < 4.78 is 10.5. The Kier molecular flexibility index (Phi) is 30.0. The first kappa shape index (κ1) is 38.9. The van der Waals surface area contributed by atoms with Gasteiger partial charge < -0.3 is 14.6 Å². The predicted octanol–water partition coefficient (Wildman–Crippen LogP) is 10.3. The summed E-state index contributed by atoms with van der Waals surface area (Å²) in [5.41, 5.74) is 0. The Morgan fingerprint density at radius 3 is 1.32 bits per heavy atom. The van der Waals surface area contributed by atoms with Crippen molar-refractivity contribution in [3.05, 3.63) is 0 Å². The summed E-state index contributed by atoms with van der Waals surface area (Å²) in [5.74, 6) is 0.268. The van der Waals surface area contributed by atoms with Crippen molar-refractivity contribution in [3.8, 4) is 0 Å². The van der Waals surface area contributed by atoms with Gasteiger partial charge in [0.1, 0.15) is 6.61 Å². The van der Waals surface area contributed by atoms with Gasteiger partial charge in [0.2, 0.25) is 0 Å². The topological polar surface area (TPSA) is 72.8 Å². The summed E-state index contributed by atoms with van der Waals surface area (Å²) in [6, 6.07) is 0. The molecule has 1 N–H and O–H groups in total. The Morgan fingerprint density at radius 1 is 0.550 bits per heavy atom. The van der Waals surface area contributed by atoms with Crippen molar-refractivity contribution in [1.82, 2.24) is 0 Å². The molecule has 0 fully saturated rings. The molecule has 0 saturated carbocycles. The number of rotatable bonds is 31. The molecule has 0 aromatic heterocycles. The maximum Gasteiger partial charge on any atom is 0.306 e. The van der Waals surface area contributed by atoms with Crippen LogP contribution in [0.2, 0.25) is 0 Å². The van der Waals surface area contributed by atoms with Crippen molar-refractivity contribution in [2.75, 3.05) is 13.2 Å². The summed E-state index contributed by atoms with van der Waals surface area (Å²) in [5, 5.41) is 9.48. The highest BCUT2D eigenvalue weighted by atomic mass is 16.6. The van der Waals surface area contributed by atoms with Gasteiger partial charge in [-0.25, -0.2) is 0 Å². The second-order valence-corrected chi connectivity index (χ2v) is 12.4. The van der Waals surface area contributed by atoms with Crippen molar-refractivity contribution in [1.29, 1.82) is 0 Å². The molecule has 0 aromatic rings. The minimum Gasteiger partial charge on any atom is -0.462 e. The molecule has 0 unspecified atom stereocenters. The van der Waals surface area contributed by atoms with E-state index in [2.05, 4.69) is 20.8 Å². The average molecular weight is 569 g/mol. The van der Waals surface area contributed by atoms with Gasteiger partial charge in [-0.2, -0.15) is 0 Å². The molecule has 5 heteroatoms. The molecular formula is C35H68O5. The van der Waals surface area contributed by atoms with E-state index in [1.54, 1.807) is 0 Å². The standard InChI is InChI=1S/C35H68O5/c1-4-5-6-7-8-15-20-23-26-29-35(38)40-33(30-36)31-39-34(37)28-25-22-19-17-14-12-10-9-11-13-16-18-21-24-27-32(2)3/h32-33,36H,4-31H2,1-3H3/t33-/m0/s1. The zero-order valence-corrected chi connectivity index (χ0v) is 27.0. The Hall–Kier alpha value is -1.10. The predicted molar refractivity (Wildman–Crippen MR) is 168 cm³/mol. The van der Waals surface area contributed by atoms with Crippen LogP contribution < -0.4 is 0 Å². The third kappa shape index (κ3) is 29.9. The Labute approximate surface area is 248 Å².